The van der Waals surface area contributed by atoms with Gasteiger partial charge in [0.1, 0.15) is 0 Å². The second-order valence-electron chi connectivity index (χ2n) is 5.28. The van der Waals surface area contributed by atoms with Gasteiger partial charge in [-0.1, -0.05) is 29.8 Å². The monoisotopic (exact) mass is 246 g/mol. The van der Waals surface area contributed by atoms with E-state index in [0.717, 1.165) is 13.0 Å². The molecule has 0 radical (unpaired) electrons. The van der Waals surface area contributed by atoms with Crippen molar-refractivity contribution >= 4 is 5.91 Å². The predicted octanol–water partition coefficient (Wildman–Crippen LogP) is 2.17. The molecule has 2 N–H and O–H groups in total. The number of nitrogens with one attached hydrogen (secondary N) is 2. The molecule has 3 atom stereocenters. The van der Waals surface area contributed by atoms with Crippen LogP contribution in [0.25, 0.3) is 0 Å². The van der Waals surface area contributed by atoms with E-state index in [2.05, 4.69) is 42.7 Å². The summed E-state index contributed by atoms with van der Waals surface area (Å²) in [6.07, 6.45) is 0.938. The first-order valence-corrected chi connectivity index (χ1v) is 6.68. The molecule has 1 aromatic rings. The van der Waals surface area contributed by atoms with Crippen LogP contribution in [0.3, 0.4) is 0 Å². The van der Waals surface area contributed by atoms with Crippen LogP contribution in [0.2, 0.25) is 0 Å². The van der Waals surface area contributed by atoms with Gasteiger partial charge in [-0.2, -0.15) is 0 Å². The zero-order chi connectivity index (χ0) is 13.1. The molecule has 0 spiro atoms. The summed E-state index contributed by atoms with van der Waals surface area (Å²) < 4.78 is 0. The van der Waals surface area contributed by atoms with E-state index in [1.807, 2.05) is 13.0 Å². The first-order valence-electron chi connectivity index (χ1n) is 6.68. The third kappa shape index (κ3) is 2.91. The van der Waals surface area contributed by atoms with Crippen LogP contribution < -0.4 is 10.6 Å². The van der Waals surface area contributed by atoms with E-state index in [1.54, 1.807) is 0 Å². The highest BCUT2D eigenvalue weighted by Gasteiger charge is 2.29. The van der Waals surface area contributed by atoms with Crippen LogP contribution >= 0.6 is 0 Å². The highest BCUT2D eigenvalue weighted by molar-refractivity contribution is 5.80. The van der Waals surface area contributed by atoms with Gasteiger partial charge in [-0.05, 0) is 39.3 Å². The molecule has 1 saturated heterocycles. The van der Waals surface area contributed by atoms with Crippen molar-refractivity contribution in [1.82, 2.24) is 10.6 Å². The summed E-state index contributed by atoms with van der Waals surface area (Å²) in [5, 5.41) is 6.43. The minimum atomic E-state index is 0.0743. The van der Waals surface area contributed by atoms with E-state index in [9.17, 15) is 4.79 Å². The van der Waals surface area contributed by atoms with Crippen LogP contribution in [0.15, 0.2) is 24.3 Å². The van der Waals surface area contributed by atoms with Crippen molar-refractivity contribution in [2.45, 2.75) is 39.3 Å². The minimum absolute atomic E-state index is 0.0743. The molecule has 0 aromatic heterocycles. The molecular weight excluding hydrogens is 224 g/mol. The lowest BCUT2D eigenvalue weighted by molar-refractivity contribution is -0.125. The maximum Gasteiger partial charge on any atom is 0.225 e. The van der Waals surface area contributed by atoms with Gasteiger partial charge in [-0.3, -0.25) is 4.79 Å². The van der Waals surface area contributed by atoms with Crippen molar-refractivity contribution in [2.75, 3.05) is 6.54 Å². The lowest BCUT2D eigenvalue weighted by Gasteiger charge is -2.20. The van der Waals surface area contributed by atoms with Crippen LogP contribution in [0, 0.1) is 12.8 Å². The molecule has 3 nitrogen and oxygen atoms in total. The van der Waals surface area contributed by atoms with Crippen molar-refractivity contribution in [1.29, 1.82) is 0 Å². The molecule has 0 aliphatic carbocycles. The van der Waals surface area contributed by atoms with E-state index in [-0.39, 0.29) is 23.9 Å². The Morgan fingerprint density at radius 1 is 1.50 bits per heavy atom. The van der Waals surface area contributed by atoms with Crippen LogP contribution in [0.1, 0.15) is 37.4 Å². The standard InChI is InChI=1S/C15H22N2O/c1-10-5-4-6-13(9-10)11(2)17-15(18)14-7-8-16-12(14)3/h4-6,9,11-12,14,16H,7-8H2,1-3H3,(H,17,18)/t11-,12?,14?/m0/s1. The fraction of sp³-hybridized carbons (Fsp3) is 0.533. The Morgan fingerprint density at radius 2 is 2.28 bits per heavy atom. The zero-order valence-corrected chi connectivity index (χ0v) is 11.4. The second-order valence-corrected chi connectivity index (χ2v) is 5.28. The van der Waals surface area contributed by atoms with Gasteiger partial charge in [0, 0.05) is 6.04 Å². The summed E-state index contributed by atoms with van der Waals surface area (Å²) in [6, 6.07) is 8.66. The Balaban J connectivity index is 1.98. The highest BCUT2D eigenvalue weighted by atomic mass is 16.2. The maximum absolute atomic E-state index is 12.2. The summed E-state index contributed by atoms with van der Waals surface area (Å²) in [4.78, 5) is 12.2. The van der Waals surface area contributed by atoms with Gasteiger partial charge in [0.2, 0.25) is 5.91 Å². The molecule has 18 heavy (non-hydrogen) atoms. The minimum Gasteiger partial charge on any atom is -0.349 e. The number of hydrogen-bond donors (Lipinski definition) is 2. The van der Waals surface area contributed by atoms with Crippen molar-refractivity contribution in [3.63, 3.8) is 0 Å². The van der Waals surface area contributed by atoms with Gasteiger partial charge in [0.05, 0.1) is 12.0 Å². The second kappa shape index (κ2) is 5.53. The number of benzene rings is 1. The molecule has 0 bridgehead atoms. The van der Waals surface area contributed by atoms with Gasteiger partial charge >= 0.3 is 0 Å². The third-order valence-electron chi connectivity index (χ3n) is 3.76. The van der Waals surface area contributed by atoms with Gasteiger partial charge in [-0.25, -0.2) is 0 Å². The molecular formula is C15H22N2O. The number of carbonyl (C=O) groups excluding carboxylic acids is 1. The molecule has 1 aliphatic rings. The largest absolute Gasteiger partial charge is 0.349 e. The molecule has 1 fully saturated rings. The van der Waals surface area contributed by atoms with E-state index < -0.39 is 0 Å². The van der Waals surface area contributed by atoms with Crippen LogP contribution in [-0.4, -0.2) is 18.5 Å². The van der Waals surface area contributed by atoms with Crippen molar-refractivity contribution < 1.29 is 4.79 Å². The van der Waals surface area contributed by atoms with Crippen LogP contribution in [0.4, 0.5) is 0 Å². The molecule has 3 heteroatoms. The maximum atomic E-state index is 12.2. The molecule has 2 unspecified atom stereocenters. The Kier molecular flexibility index (Phi) is 4.02. The molecule has 0 saturated carbocycles. The summed E-state index contributed by atoms with van der Waals surface area (Å²) in [6.45, 7) is 7.13. The van der Waals surface area contributed by atoms with Crippen molar-refractivity contribution in [2.24, 2.45) is 5.92 Å². The summed E-state index contributed by atoms with van der Waals surface area (Å²) in [7, 11) is 0. The third-order valence-corrected chi connectivity index (χ3v) is 3.76. The number of rotatable bonds is 3. The summed E-state index contributed by atoms with van der Waals surface area (Å²) >= 11 is 0. The number of carbonyl (C=O) groups is 1. The SMILES string of the molecule is Cc1cccc([C@H](C)NC(=O)C2CCNC2C)c1. The topological polar surface area (TPSA) is 41.1 Å². The van der Waals surface area contributed by atoms with E-state index >= 15 is 0 Å². The lowest BCUT2D eigenvalue weighted by atomic mass is 9.99. The van der Waals surface area contributed by atoms with E-state index in [4.69, 9.17) is 0 Å². The zero-order valence-electron chi connectivity index (χ0n) is 11.4. The number of aryl methyl sites for hydroxylation is 1. The smallest absolute Gasteiger partial charge is 0.225 e. The van der Waals surface area contributed by atoms with Crippen molar-refractivity contribution in [3.8, 4) is 0 Å². The predicted molar refractivity (Wildman–Crippen MR) is 73.3 cm³/mol. The Morgan fingerprint density at radius 3 is 2.89 bits per heavy atom. The van der Waals surface area contributed by atoms with Gasteiger partial charge in [0.25, 0.3) is 0 Å². The molecule has 1 amide bonds. The molecule has 2 rings (SSSR count). The first kappa shape index (κ1) is 13.1. The Hall–Kier alpha value is -1.35. The average molecular weight is 246 g/mol. The molecule has 1 heterocycles. The summed E-state index contributed by atoms with van der Waals surface area (Å²) in [5.41, 5.74) is 2.39. The number of hydrogen-bond acceptors (Lipinski definition) is 2. The Labute approximate surface area is 109 Å². The van der Waals surface area contributed by atoms with Gasteiger partial charge in [-0.15, -0.1) is 0 Å². The molecule has 1 aliphatic heterocycles. The Bertz CT molecular complexity index is 430. The van der Waals surface area contributed by atoms with Crippen molar-refractivity contribution in [3.05, 3.63) is 35.4 Å². The highest BCUT2D eigenvalue weighted by Crippen LogP contribution is 2.18. The lowest BCUT2D eigenvalue weighted by Crippen LogP contribution is -2.37. The van der Waals surface area contributed by atoms with Crippen LogP contribution in [-0.2, 0) is 4.79 Å². The number of amides is 1. The fourth-order valence-corrected chi connectivity index (χ4v) is 2.56. The van der Waals surface area contributed by atoms with E-state index in [1.165, 1.54) is 11.1 Å². The van der Waals surface area contributed by atoms with E-state index in [0.29, 0.717) is 0 Å². The van der Waals surface area contributed by atoms with Gasteiger partial charge in [0.15, 0.2) is 0 Å². The first-order chi connectivity index (χ1) is 8.58. The quantitative estimate of drug-likeness (QED) is 0.858. The summed E-state index contributed by atoms with van der Waals surface area (Å²) in [5.74, 6) is 0.277. The molecule has 1 aromatic carbocycles. The fourth-order valence-electron chi connectivity index (χ4n) is 2.56. The normalized spacial score (nSPS) is 24.8. The van der Waals surface area contributed by atoms with Gasteiger partial charge < -0.3 is 10.6 Å². The van der Waals surface area contributed by atoms with Crippen LogP contribution in [0.5, 0.6) is 0 Å². The average Bonchev–Trinajstić information content (AvgIpc) is 2.75. The molecule has 98 valence electrons.